The Morgan fingerprint density at radius 2 is 1.92 bits per heavy atom. The van der Waals surface area contributed by atoms with E-state index in [-0.39, 0.29) is 23.8 Å². The molecule has 5 nitrogen and oxygen atoms in total. The maximum Gasteiger partial charge on any atom is 0.246 e. The van der Waals surface area contributed by atoms with Gasteiger partial charge in [-0.1, -0.05) is 52.0 Å². The highest BCUT2D eigenvalue weighted by atomic mass is 32.2. The van der Waals surface area contributed by atoms with E-state index < -0.39 is 0 Å². The van der Waals surface area contributed by atoms with Gasteiger partial charge in [-0.2, -0.15) is 17.0 Å². The van der Waals surface area contributed by atoms with Gasteiger partial charge < -0.3 is 9.47 Å². The van der Waals surface area contributed by atoms with Gasteiger partial charge in [0, 0.05) is 41.8 Å². The summed E-state index contributed by atoms with van der Waals surface area (Å²) in [7, 11) is 0. The Kier molecular flexibility index (Phi) is 6.94. The summed E-state index contributed by atoms with van der Waals surface area (Å²) in [5.41, 5.74) is 7.12. The van der Waals surface area contributed by atoms with Crippen LogP contribution in [0.25, 0.3) is 17.1 Å². The van der Waals surface area contributed by atoms with Crippen LogP contribution < -0.4 is 0 Å². The zero-order chi connectivity index (χ0) is 25.4. The quantitative estimate of drug-likeness (QED) is 0.389. The Bertz CT molecular complexity index is 1370. The van der Waals surface area contributed by atoms with Crippen molar-refractivity contribution in [3.8, 4) is 6.07 Å². The van der Waals surface area contributed by atoms with Gasteiger partial charge in [-0.3, -0.25) is 4.79 Å². The first-order chi connectivity index (χ1) is 17.4. The van der Waals surface area contributed by atoms with Gasteiger partial charge in [-0.15, -0.1) is 0 Å². The molecule has 3 aromatic rings. The molecule has 0 radical (unpaired) electrons. The first-order valence-corrected chi connectivity index (χ1v) is 14.2. The predicted octanol–water partition coefficient (Wildman–Crippen LogP) is 6.28. The van der Waals surface area contributed by atoms with E-state index in [2.05, 4.69) is 68.7 Å². The second-order valence-corrected chi connectivity index (χ2v) is 11.6. The summed E-state index contributed by atoms with van der Waals surface area (Å²) in [6.45, 7) is 10.2. The van der Waals surface area contributed by atoms with Crippen molar-refractivity contribution < 1.29 is 4.79 Å². The maximum absolute atomic E-state index is 13.1. The second-order valence-electron chi connectivity index (χ2n) is 10.4. The Morgan fingerprint density at radius 3 is 2.61 bits per heavy atom. The number of nitriles is 1. The zero-order valence-electron chi connectivity index (χ0n) is 21.6. The molecular formula is C30H34N4OS. The highest BCUT2D eigenvalue weighted by Gasteiger charge is 2.31. The molecule has 36 heavy (non-hydrogen) atoms. The minimum atomic E-state index is 0.0164. The molecule has 0 spiro atoms. The van der Waals surface area contributed by atoms with Crippen LogP contribution in [0.2, 0.25) is 0 Å². The van der Waals surface area contributed by atoms with Crippen LogP contribution in [0.4, 0.5) is 0 Å². The molecule has 5 rings (SSSR count). The maximum atomic E-state index is 13.1. The number of aryl methyl sites for hydroxylation is 1. The van der Waals surface area contributed by atoms with Crippen molar-refractivity contribution in [2.45, 2.75) is 58.4 Å². The van der Waals surface area contributed by atoms with E-state index in [4.69, 9.17) is 4.98 Å². The van der Waals surface area contributed by atoms with E-state index in [1.165, 1.54) is 11.1 Å². The molecule has 1 unspecified atom stereocenters. The van der Waals surface area contributed by atoms with Gasteiger partial charge in [0.25, 0.3) is 0 Å². The van der Waals surface area contributed by atoms with E-state index in [1.807, 2.05) is 22.7 Å². The lowest BCUT2D eigenvalue weighted by atomic mass is 9.95. The number of amides is 1. The third kappa shape index (κ3) is 4.35. The summed E-state index contributed by atoms with van der Waals surface area (Å²) in [4.78, 5) is 20.1. The molecule has 1 amide bonds. The highest BCUT2D eigenvalue weighted by molar-refractivity contribution is 7.99. The Hall–Kier alpha value is -3.04. The number of fused-ring (bicyclic) bond motifs is 2. The Labute approximate surface area is 218 Å². The van der Waals surface area contributed by atoms with Gasteiger partial charge in [0.1, 0.15) is 11.7 Å². The average molecular weight is 499 g/mol. The van der Waals surface area contributed by atoms with Gasteiger partial charge in [-0.05, 0) is 53.5 Å². The summed E-state index contributed by atoms with van der Waals surface area (Å²) >= 11 is 1.89. The SMILES string of the molecule is CC(C)c1cc(C(C)C)c2c(C#N)c(C=CC(=O)N3CCSCC3)n(C3CCc4ccccc43)c2n1. The van der Waals surface area contributed by atoms with E-state index in [0.29, 0.717) is 5.56 Å². The van der Waals surface area contributed by atoms with Crippen LogP contribution in [-0.4, -0.2) is 45.0 Å². The monoisotopic (exact) mass is 498 g/mol. The largest absolute Gasteiger partial charge is 0.338 e. The van der Waals surface area contributed by atoms with Crippen LogP contribution in [0, 0.1) is 11.3 Å². The predicted molar refractivity (Wildman–Crippen MR) is 148 cm³/mol. The van der Waals surface area contributed by atoms with Crippen molar-refractivity contribution in [3.63, 3.8) is 0 Å². The molecule has 1 aromatic carbocycles. The molecule has 0 N–H and O–H groups in total. The third-order valence-electron chi connectivity index (χ3n) is 7.49. The lowest BCUT2D eigenvalue weighted by molar-refractivity contribution is -0.125. The summed E-state index contributed by atoms with van der Waals surface area (Å²) in [5, 5.41) is 11.4. The van der Waals surface area contributed by atoms with Crippen LogP contribution in [0.1, 0.15) is 85.6 Å². The van der Waals surface area contributed by atoms with E-state index in [1.54, 1.807) is 6.08 Å². The molecule has 1 saturated heterocycles. The fourth-order valence-corrected chi connectivity index (χ4v) is 6.45. The summed E-state index contributed by atoms with van der Waals surface area (Å²) < 4.78 is 2.26. The minimum absolute atomic E-state index is 0.0164. The summed E-state index contributed by atoms with van der Waals surface area (Å²) in [6.07, 6.45) is 5.50. The molecule has 1 aliphatic heterocycles. The molecule has 0 bridgehead atoms. The zero-order valence-corrected chi connectivity index (χ0v) is 22.4. The Morgan fingerprint density at radius 1 is 1.17 bits per heavy atom. The molecule has 0 saturated carbocycles. The molecule has 6 heteroatoms. The molecule has 186 valence electrons. The van der Waals surface area contributed by atoms with Crippen LogP contribution in [0.5, 0.6) is 0 Å². The smallest absolute Gasteiger partial charge is 0.246 e. The van der Waals surface area contributed by atoms with Crippen molar-refractivity contribution in [1.82, 2.24) is 14.5 Å². The number of carbonyl (C=O) groups is 1. The van der Waals surface area contributed by atoms with Crippen LogP contribution in [0.15, 0.2) is 36.4 Å². The lowest BCUT2D eigenvalue weighted by Crippen LogP contribution is -2.36. The van der Waals surface area contributed by atoms with Crippen molar-refractivity contribution in [3.05, 3.63) is 70.0 Å². The van der Waals surface area contributed by atoms with Crippen molar-refractivity contribution in [2.75, 3.05) is 24.6 Å². The number of benzene rings is 1. The van der Waals surface area contributed by atoms with Crippen LogP contribution >= 0.6 is 11.8 Å². The lowest BCUT2D eigenvalue weighted by Gasteiger charge is -2.25. The first-order valence-electron chi connectivity index (χ1n) is 13.0. The number of hydrogen-bond donors (Lipinski definition) is 0. The average Bonchev–Trinajstić information content (AvgIpc) is 3.45. The number of hydrogen-bond acceptors (Lipinski definition) is 4. The van der Waals surface area contributed by atoms with Gasteiger partial charge in [-0.25, -0.2) is 4.98 Å². The number of rotatable bonds is 5. The van der Waals surface area contributed by atoms with Crippen molar-refractivity contribution in [1.29, 1.82) is 5.26 Å². The van der Waals surface area contributed by atoms with E-state index >= 15 is 0 Å². The number of carbonyl (C=O) groups excluding carboxylic acids is 1. The third-order valence-corrected chi connectivity index (χ3v) is 8.43. The molecule has 1 aliphatic carbocycles. The summed E-state index contributed by atoms with van der Waals surface area (Å²) in [6, 6.07) is 13.4. The van der Waals surface area contributed by atoms with Gasteiger partial charge >= 0.3 is 0 Å². The fraction of sp³-hybridized carbons (Fsp3) is 0.433. The van der Waals surface area contributed by atoms with Gasteiger partial charge in [0.15, 0.2) is 0 Å². The molecular weight excluding hydrogens is 464 g/mol. The van der Waals surface area contributed by atoms with Crippen LogP contribution in [-0.2, 0) is 11.2 Å². The number of nitrogens with zero attached hydrogens (tertiary/aromatic N) is 4. The molecule has 2 aromatic heterocycles. The van der Waals surface area contributed by atoms with Gasteiger partial charge in [0.2, 0.25) is 5.91 Å². The van der Waals surface area contributed by atoms with E-state index in [9.17, 15) is 10.1 Å². The topological polar surface area (TPSA) is 61.9 Å². The van der Waals surface area contributed by atoms with Crippen LogP contribution in [0.3, 0.4) is 0 Å². The molecule has 3 heterocycles. The second kappa shape index (κ2) is 10.1. The first kappa shape index (κ1) is 24.6. The number of thioether (sulfide) groups is 1. The standard InChI is InChI=1S/C30H34N4OS/c1-19(2)23-17-25(20(3)4)32-30-29(23)24(18-31)27(11-12-28(35)33-13-15-36-16-14-33)34(30)26-10-9-21-7-5-6-8-22(21)26/h5-8,11-12,17,19-20,26H,9-10,13-16H2,1-4H3. The highest BCUT2D eigenvalue weighted by Crippen LogP contribution is 2.42. The van der Waals surface area contributed by atoms with Gasteiger partial charge in [0.05, 0.1) is 17.3 Å². The molecule has 1 fully saturated rings. The van der Waals surface area contributed by atoms with E-state index in [0.717, 1.165) is 65.4 Å². The molecule has 1 atom stereocenters. The number of pyridine rings is 1. The normalized spacial score (nSPS) is 17.9. The molecule has 2 aliphatic rings. The Balaban J connectivity index is 1.75. The van der Waals surface area contributed by atoms with Crippen molar-refractivity contribution in [2.24, 2.45) is 0 Å². The number of aromatic nitrogens is 2. The minimum Gasteiger partial charge on any atom is -0.338 e. The summed E-state index contributed by atoms with van der Waals surface area (Å²) in [5.74, 6) is 2.48. The fourth-order valence-electron chi connectivity index (χ4n) is 5.55. The van der Waals surface area contributed by atoms with Crippen molar-refractivity contribution >= 4 is 34.8 Å².